The number of nitrogens with zero attached hydrogens (tertiary/aromatic N) is 3. The topological polar surface area (TPSA) is 39.5 Å². The fourth-order valence-electron chi connectivity index (χ4n) is 3.93. The van der Waals surface area contributed by atoms with Crippen LogP contribution < -0.4 is 0 Å². The number of methoxy groups -OCH3 is 1. The van der Waals surface area contributed by atoms with E-state index in [2.05, 4.69) is 34.5 Å². The van der Waals surface area contributed by atoms with E-state index in [1.165, 1.54) is 5.82 Å². The SMILES string of the molecule is CO[C@H]1CCCOC12CCN(Cc1nccn1C(C)C)CC2. The Morgan fingerprint density at radius 1 is 1.41 bits per heavy atom. The smallest absolute Gasteiger partial charge is 0.123 e. The molecule has 22 heavy (non-hydrogen) atoms. The zero-order valence-corrected chi connectivity index (χ0v) is 14.1. The van der Waals surface area contributed by atoms with Crippen LogP contribution in [0.3, 0.4) is 0 Å². The normalized spacial score (nSPS) is 25.9. The van der Waals surface area contributed by atoms with Crippen LogP contribution >= 0.6 is 0 Å². The van der Waals surface area contributed by atoms with Crippen molar-refractivity contribution in [3.63, 3.8) is 0 Å². The first-order chi connectivity index (χ1) is 10.6. The standard InChI is InChI=1S/C17H29N3O2/c1-14(2)20-11-8-18-16(20)13-19-9-6-17(7-10-19)15(21-3)5-4-12-22-17/h8,11,14-15H,4-7,9-10,12-13H2,1-3H3/t15-/m0/s1. The van der Waals surface area contributed by atoms with E-state index in [9.17, 15) is 0 Å². The molecule has 1 atom stereocenters. The number of piperidine rings is 1. The maximum absolute atomic E-state index is 6.18. The fourth-order valence-corrected chi connectivity index (χ4v) is 3.93. The van der Waals surface area contributed by atoms with E-state index in [0.29, 0.717) is 6.04 Å². The van der Waals surface area contributed by atoms with Crippen LogP contribution in [0.4, 0.5) is 0 Å². The number of aromatic nitrogens is 2. The number of hydrogen-bond acceptors (Lipinski definition) is 4. The molecular weight excluding hydrogens is 278 g/mol. The molecule has 2 saturated heterocycles. The first kappa shape index (κ1) is 16.0. The molecule has 0 aromatic carbocycles. The lowest BCUT2D eigenvalue weighted by molar-refractivity contribution is -0.187. The van der Waals surface area contributed by atoms with Crippen molar-refractivity contribution >= 4 is 0 Å². The van der Waals surface area contributed by atoms with Gasteiger partial charge in [0.25, 0.3) is 0 Å². The van der Waals surface area contributed by atoms with Crippen LogP contribution in [0, 0.1) is 0 Å². The lowest BCUT2D eigenvalue weighted by Gasteiger charge is -2.48. The third kappa shape index (κ3) is 3.07. The Hall–Kier alpha value is -0.910. The van der Waals surface area contributed by atoms with Crippen molar-refractivity contribution in [2.45, 2.75) is 63.8 Å². The summed E-state index contributed by atoms with van der Waals surface area (Å²) in [5.41, 5.74) is -0.0447. The van der Waals surface area contributed by atoms with Crippen molar-refractivity contribution in [2.24, 2.45) is 0 Å². The van der Waals surface area contributed by atoms with Crippen LogP contribution in [0.1, 0.15) is 51.4 Å². The molecule has 0 saturated carbocycles. The second kappa shape index (κ2) is 6.69. The van der Waals surface area contributed by atoms with Crippen LogP contribution in [-0.4, -0.2) is 53.0 Å². The first-order valence-electron chi connectivity index (χ1n) is 8.55. The molecule has 5 nitrogen and oxygen atoms in total. The Bertz CT molecular complexity index is 478. The van der Waals surface area contributed by atoms with Gasteiger partial charge in [-0.25, -0.2) is 4.98 Å². The van der Waals surface area contributed by atoms with E-state index in [-0.39, 0.29) is 11.7 Å². The molecule has 0 radical (unpaired) electrons. The summed E-state index contributed by atoms with van der Waals surface area (Å²) in [7, 11) is 1.83. The molecular formula is C17H29N3O2. The molecule has 1 aromatic rings. The number of ether oxygens (including phenoxy) is 2. The summed E-state index contributed by atoms with van der Waals surface area (Å²) < 4.78 is 14.2. The summed E-state index contributed by atoms with van der Waals surface area (Å²) in [5.74, 6) is 1.17. The van der Waals surface area contributed by atoms with E-state index in [0.717, 1.165) is 51.9 Å². The van der Waals surface area contributed by atoms with Crippen molar-refractivity contribution in [1.29, 1.82) is 0 Å². The average molecular weight is 307 g/mol. The van der Waals surface area contributed by atoms with Gasteiger partial charge in [-0.1, -0.05) is 0 Å². The van der Waals surface area contributed by atoms with E-state index in [1.807, 2.05) is 13.3 Å². The Morgan fingerprint density at radius 3 is 2.86 bits per heavy atom. The van der Waals surface area contributed by atoms with Crippen molar-refractivity contribution < 1.29 is 9.47 Å². The van der Waals surface area contributed by atoms with Crippen LogP contribution in [-0.2, 0) is 16.0 Å². The van der Waals surface area contributed by atoms with E-state index in [1.54, 1.807) is 0 Å². The van der Waals surface area contributed by atoms with Gasteiger partial charge in [0.2, 0.25) is 0 Å². The van der Waals surface area contributed by atoms with E-state index in [4.69, 9.17) is 9.47 Å². The third-order valence-corrected chi connectivity index (χ3v) is 5.24. The highest BCUT2D eigenvalue weighted by molar-refractivity contribution is 4.99. The maximum Gasteiger partial charge on any atom is 0.123 e. The predicted octanol–water partition coefficient (Wildman–Crippen LogP) is 2.62. The molecule has 0 bridgehead atoms. The van der Waals surface area contributed by atoms with Gasteiger partial charge in [0.15, 0.2) is 0 Å². The summed E-state index contributed by atoms with van der Waals surface area (Å²) in [4.78, 5) is 7.03. The zero-order valence-electron chi connectivity index (χ0n) is 14.1. The number of imidazole rings is 1. The molecule has 0 amide bonds. The van der Waals surface area contributed by atoms with Crippen molar-refractivity contribution in [3.8, 4) is 0 Å². The van der Waals surface area contributed by atoms with Gasteiger partial charge < -0.3 is 14.0 Å². The molecule has 2 fully saturated rings. The third-order valence-electron chi connectivity index (χ3n) is 5.24. The Kier molecular flexibility index (Phi) is 4.85. The van der Waals surface area contributed by atoms with Crippen LogP contribution in [0.5, 0.6) is 0 Å². The summed E-state index contributed by atoms with van der Waals surface area (Å²) >= 11 is 0. The Balaban J connectivity index is 1.60. The van der Waals surface area contributed by atoms with Gasteiger partial charge in [0, 0.05) is 45.2 Å². The molecule has 1 spiro atoms. The summed E-state index contributed by atoms with van der Waals surface area (Å²) in [6.45, 7) is 8.34. The molecule has 3 rings (SSSR count). The lowest BCUT2D eigenvalue weighted by Crippen LogP contribution is -2.55. The molecule has 0 unspecified atom stereocenters. The fraction of sp³-hybridized carbons (Fsp3) is 0.824. The molecule has 3 heterocycles. The maximum atomic E-state index is 6.18. The number of hydrogen-bond donors (Lipinski definition) is 0. The quantitative estimate of drug-likeness (QED) is 0.857. The summed E-state index contributed by atoms with van der Waals surface area (Å²) in [6, 6.07) is 0.466. The largest absolute Gasteiger partial charge is 0.378 e. The average Bonchev–Trinajstić information content (AvgIpc) is 2.99. The van der Waals surface area contributed by atoms with Gasteiger partial charge in [-0.05, 0) is 39.5 Å². The minimum Gasteiger partial charge on any atom is -0.378 e. The summed E-state index contributed by atoms with van der Waals surface area (Å²) in [5, 5.41) is 0. The molecule has 2 aliphatic rings. The van der Waals surface area contributed by atoms with Gasteiger partial charge >= 0.3 is 0 Å². The molecule has 1 aromatic heterocycles. The van der Waals surface area contributed by atoms with Gasteiger partial charge in [0.05, 0.1) is 18.2 Å². The Morgan fingerprint density at radius 2 is 2.18 bits per heavy atom. The van der Waals surface area contributed by atoms with Crippen LogP contribution in [0.15, 0.2) is 12.4 Å². The number of rotatable bonds is 4. The minimum atomic E-state index is -0.0447. The van der Waals surface area contributed by atoms with Gasteiger partial charge in [0.1, 0.15) is 5.82 Å². The van der Waals surface area contributed by atoms with Crippen LogP contribution in [0.2, 0.25) is 0 Å². The second-order valence-corrected chi connectivity index (χ2v) is 6.90. The highest BCUT2D eigenvalue weighted by atomic mass is 16.5. The molecule has 0 N–H and O–H groups in total. The monoisotopic (exact) mass is 307 g/mol. The predicted molar refractivity (Wildman–Crippen MR) is 85.8 cm³/mol. The Labute approximate surface area is 133 Å². The molecule has 0 aliphatic carbocycles. The molecule has 5 heteroatoms. The van der Waals surface area contributed by atoms with E-state index >= 15 is 0 Å². The lowest BCUT2D eigenvalue weighted by atomic mass is 9.82. The molecule has 2 aliphatic heterocycles. The zero-order chi connectivity index (χ0) is 15.6. The minimum absolute atomic E-state index is 0.0447. The highest BCUT2D eigenvalue weighted by Crippen LogP contribution is 2.37. The second-order valence-electron chi connectivity index (χ2n) is 6.90. The number of likely N-dealkylation sites (tertiary alicyclic amines) is 1. The first-order valence-corrected chi connectivity index (χ1v) is 8.55. The molecule has 124 valence electrons. The van der Waals surface area contributed by atoms with E-state index < -0.39 is 0 Å². The van der Waals surface area contributed by atoms with Gasteiger partial charge in [-0.3, -0.25) is 4.90 Å². The van der Waals surface area contributed by atoms with Gasteiger partial charge in [-0.15, -0.1) is 0 Å². The van der Waals surface area contributed by atoms with Crippen LogP contribution in [0.25, 0.3) is 0 Å². The van der Waals surface area contributed by atoms with Crippen molar-refractivity contribution in [2.75, 3.05) is 26.8 Å². The summed E-state index contributed by atoms with van der Waals surface area (Å²) in [6.07, 6.45) is 8.63. The highest BCUT2D eigenvalue weighted by Gasteiger charge is 2.44. The van der Waals surface area contributed by atoms with Crippen molar-refractivity contribution in [3.05, 3.63) is 18.2 Å². The van der Waals surface area contributed by atoms with Gasteiger partial charge in [-0.2, -0.15) is 0 Å². The van der Waals surface area contributed by atoms with Crippen molar-refractivity contribution in [1.82, 2.24) is 14.5 Å².